The molecule has 0 amide bonds. The minimum absolute atomic E-state index is 0.160. The van der Waals surface area contributed by atoms with E-state index in [0.717, 1.165) is 33.8 Å². The first-order chi connectivity index (χ1) is 14.4. The number of hydrogen-bond donors (Lipinski definition) is 0. The van der Waals surface area contributed by atoms with Crippen molar-refractivity contribution in [1.82, 2.24) is 15.0 Å². The summed E-state index contributed by atoms with van der Waals surface area (Å²) >= 11 is 1.41. The molecule has 4 heterocycles. The molecule has 3 aromatic heterocycles. The van der Waals surface area contributed by atoms with Gasteiger partial charge < -0.3 is 9.25 Å². The summed E-state index contributed by atoms with van der Waals surface area (Å²) in [5, 5.41) is 4.95. The number of sulfonamides is 1. The third-order valence-corrected chi connectivity index (χ3v) is 6.77. The highest BCUT2D eigenvalue weighted by atomic mass is 32.2. The van der Waals surface area contributed by atoms with Crippen molar-refractivity contribution in [2.45, 2.75) is 26.7 Å². The van der Waals surface area contributed by atoms with E-state index in [9.17, 15) is 8.42 Å². The standard InChI is InChI=1S/C19H21N5O4S2/c1-4-10-27-23-14-7-9-24(30(3,25)26)19-15(14)22-17(28-19)16-12(2)21-18(29-16)13-6-5-8-20-11-13/h5-6,8,11H,4,7,9-10H2,1-3H3/b23-14+. The molecule has 4 rings (SSSR count). The third kappa shape index (κ3) is 3.94. The molecule has 1 aliphatic rings. The van der Waals surface area contributed by atoms with Crippen LogP contribution in [-0.2, 0) is 14.9 Å². The van der Waals surface area contributed by atoms with Crippen LogP contribution >= 0.6 is 11.3 Å². The maximum absolute atomic E-state index is 12.3. The zero-order chi connectivity index (χ0) is 21.3. The van der Waals surface area contributed by atoms with E-state index in [1.54, 1.807) is 12.4 Å². The molecule has 30 heavy (non-hydrogen) atoms. The van der Waals surface area contributed by atoms with E-state index >= 15 is 0 Å². The summed E-state index contributed by atoms with van der Waals surface area (Å²) in [7, 11) is -3.52. The van der Waals surface area contributed by atoms with E-state index in [-0.39, 0.29) is 12.4 Å². The van der Waals surface area contributed by atoms with Crippen LogP contribution in [0.2, 0.25) is 0 Å². The molecule has 11 heteroatoms. The van der Waals surface area contributed by atoms with Crippen LogP contribution in [0.1, 0.15) is 31.2 Å². The third-order valence-electron chi connectivity index (χ3n) is 4.43. The summed E-state index contributed by atoms with van der Waals surface area (Å²) in [4.78, 5) is 19.4. The average molecular weight is 448 g/mol. The highest BCUT2D eigenvalue weighted by Crippen LogP contribution is 2.39. The highest BCUT2D eigenvalue weighted by molar-refractivity contribution is 7.92. The van der Waals surface area contributed by atoms with Crippen molar-refractivity contribution >= 4 is 33.0 Å². The lowest BCUT2D eigenvalue weighted by atomic mass is 10.1. The Balaban J connectivity index is 1.78. The molecule has 0 aliphatic carbocycles. The molecule has 0 atom stereocenters. The van der Waals surface area contributed by atoms with Crippen molar-refractivity contribution in [3.8, 4) is 21.3 Å². The molecule has 158 valence electrons. The lowest BCUT2D eigenvalue weighted by Gasteiger charge is -2.24. The minimum Gasteiger partial charge on any atom is -0.418 e. The van der Waals surface area contributed by atoms with Crippen LogP contribution in [0.3, 0.4) is 0 Å². The number of fused-ring (bicyclic) bond motifs is 1. The minimum atomic E-state index is -3.52. The first kappa shape index (κ1) is 20.5. The Hall–Kier alpha value is -2.79. The Labute approximate surface area is 178 Å². The molecule has 0 radical (unpaired) electrons. The van der Waals surface area contributed by atoms with Crippen molar-refractivity contribution in [2.24, 2.45) is 5.16 Å². The number of rotatable bonds is 6. The van der Waals surface area contributed by atoms with Gasteiger partial charge in [0.1, 0.15) is 22.2 Å². The quantitative estimate of drug-likeness (QED) is 0.420. The lowest BCUT2D eigenvalue weighted by molar-refractivity contribution is 0.144. The first-order valence-corrected chi connectivity index (χ1v) is 12.1. The number of nitrogens with zero attached hydrogens (tertiary/aromatic N) is 5. The van der Waals surface area contributed by atoms with Crippen LogP contribution in [0.4, 0.5) is 5.88 Å². The largest absolute Gasteiger partial charge is 0.418 e. The molecule has 0 saturated carbocycles. The normalized spacial score (nSPS) is 15.4. The SMILES string of the molecule is CCCO/N=C1\CCN(S(C)(=O)=O)c2oc(-c3sc(-c4cccnc4)nc3C)nc21. The molecule has 0 spiro atoms. The number of anilines is 1. The second-order valence-electron chi connectivity index (χ2n) is 6.80. The van der Waals surface area contributed by atoms with Gasteiger partial charge in [-0.15, -0.1) is 11.3 Å². The number of oxazole rings is 1. The molecule has 0 bridgehead atoms. The monoisotopic (exact) mass is 447 g/mol. The fourth-order valence-electron chi connectivity index (χ4n) is 3.02. The molecule has 3 aromatic rings. The fraction of sp³-hybridized carbons (Fsp3) is 0.368. The Bertz CT molecular complexity index is 1180. The Morgan fingerprint density at radius 2 is 2.20 bits per heavy atom. The molecular formula is C19H21N5O4S2. The van der Waals surface area contributed by atoms with Gasteiger partial charge in [-0.2, -0.15) is 0 Å². The van der Waals surface area contributed by atoms with Crippen LogP contribution in [-0.4, -0.2) is 48.5 Å². The van der Waals surface area contributed by atoms with Gasteiger partial charge in [-0.1, -0.05) is 12.1 Å². The molecule has 0 N–H and O–H groups in total. The zero-order valence-electron chi connectivity index (χ0n) is 16.8. The maximum Gasteiger partial charge on any atom is 0.241 e. The topological polar surface area (TPSA) is 111 Å². The van der Waals surface area contributed by atoms with Gasteiger partial charge in [-0.25, -0.2) is 22.7 Å². The number of thiazole rings is 1. The lowest BCUT2D eigenvalue weighted by Crippen LogP contribution is -2.36. The van der Waals surface area contributed by atoms with Gasteiger partial charge in [-0.3, -0.25) is 4.98 Å². The molecule has 0 fully saturated rings. The van der Waals surface area contributed by atoms with Crippen molar-refractivity contribution in [3.05, 3.63) is 35.9 Å². The fourth-order valence-corrected chi connectivity index (χ4v) is 4.85. The summed E-state index contributed by atoms with van der Waals surface area (Å²) in [6.07, 6.45) is 5.80. The van der Waals surface area contributed by atoms with Crippen LogP contribution < -0.4 is 4.31 Å². The highest BCUT2D eigenvalue weighted by Gasteiger charge is 2.34. The molecular weight excluding hydrogens is 426 g/mol. The predicted octanol–water partition coefficient (Wildman–Crippen LogP) is 3.47. The van der Waals surface area contributed by atoms with Crippen LogP contribution in [0.15, 0.2) is 34.1 Å². The summed E-state index contributed by atoms with van der Waals surface area (Å²) in [6, 6.07) is 3.77. The summed E-state index contributed by atoms with van der Waals surface area (Å²) in [5.41, 5.74) is 2.58. The van der Waals surface area contributed by atoms with E-state index in [1.165, 1.54) is 15.6 Å². The van der Waals surface area contributed by atoms with E-state index in [0.29, 0.717) is 30.3 Å². The van der Waals surface area contributed by atoms with Crippen molar-refractivity contribution < 1.29 is 17.7 Å². The number of aryl methyl sites for hydroxylation is 1. The van der Waals surface area contributed by atoms with Gasteiger partial charge in [0.2, 0.25) is 21.8 Å². The van der Waals surface area contributed by atoms with Crippen LogP contribution in [0.5, 0.6) is 0 Å². The summed E-state index contributed by atoms with van der Waals surface area (Å²) < 4.78 is 31.7. The second-order valence-corrected chi connectivity index (χ2v) is 9.71. The van der Waals surface area contributed by atoms with Crippen LogP contribution in [0, 0.1) is 6.92 Å². The van der Waals surface area contributed by atoms with E-state index in [2.05, 4.69) is 20.1 Å². The first-order valence-electron chi connectivity index (χ1n) is 9.44. The summed E-state index contributed by atoms with van der Waals surface area (Å²) in [5.74, 6) is 0.470. The van der Waals surface area contributed by atoms with E-state index in [4.69, 9.17) is 9.25 Å². The number of hydrogen-bond acceptors (Lipinski definition) is 9. The van der Waals surface area contributed by atoms with Gasteiger partial charge >= 0.3 is 0 Å². The summed E-state index contributed by atoms with van der Waals surface area (Å²) in [6.45, 7) is 4.54. The molecule has 0 aromatic carbocycles. The van der Waals surface area contributed by atoms with Crippen molar-refractivity contribution in [1.29, 1.82) is 0 Å². The molecule has 0 saturated heterocycles. The van der Waals surface area contributed by atoms with E-state index < -0.39 is 10.0 Å². The Kier molecular flexibility index (Phi) is 5.56. The van der Waals surface area contributed by atoms with Crippen LogP contribution in [0.25, 0.3) is 21.3 Å². The number of oxime groups is 1. The van der Waals surface area contributed by atoms with Gasteiger partial charge in [0.15, 0.2) is 5.69 Å². The smallest absolute Gasteiger partial charge is 0.241 e. The van der Waals surface area contributed by atoms with Crippen molar-refractivity contribution in [3.63, 3.8) is 0 Å². The van der Waals surface area contributed by atoms with Gasteiger partial charge in [-0.05, 0) is 25.5 Å². The van der Waals surface area contributed by atoms with Gasteiger partial charge in [0.05, 0.1) is 11.9 Å². The Morgan fingerprint density at radius 1 is 1.37 bits per heavy atom. The number of aromatic nitrogens is 3. The molecule has 1 aliphatic heterocycles. The van der Waals surface area contributed by atoms with Gasteiger partial charge in [0.25, 0.3) is 0 Å². The van der Waals surface area contributed by atoms with E-state index in [1.807, 2.05) is 26.0 Å². The van der Waals surface area contributed by atoms with Gasteiger partial charge in [0, 0.05) is 30.9 Å². The van der Waals surface area contributed by atoms with Crippen molar-refractivity contribution in [2.75, 3.05) is 23.7 Å². The predicted molar refractivity (Wildman–Crippen MR) is 115 cm³/mol. The average Bonchev–Trinajstić information content (AvgIpc) is 3.32. The molecule has 0 unspecified atom stereocenters. The maximum atomic E-state index is 12.3. The second kappa shape index (κ2) is 8.15. The Morgan fingerprint density at radius 3 is 2.90 bits per heavy atom. The molecule has 9 nitrogen and oxygen atoms in total. The number of pyridine rings is 1. The zero-order valence-corrected chi connectivity index (χ0v) is 18.5.